The molecular weight excluding hydrogens is 254 g/mol. The first-order chi connectivity index (χ1) is 10.3. The molecule has 2 saturated carbocycles. The molecule has 0 aromatic heterocycles. The Labute approximate surface area is 130 Å². The Balaban J connectivity index is 1.69. The minimum atomic E-state index is 0.588. The summed E-state index contributed by atoms with van der Waals surface area (Å²) in [6.07, 6.45) is 12.7. The minimum Gasteiger partial charge on any atom is -0.307 e. The molecule has 1 nitrogen and oxygen atoms in total. The van der Waals surface area contributed by atoms with E-state index >= 15 is 0 Å². The lowest BCUT2D eigenvalue weighted by atomic mass is 9.79. The molecule has 0 amide bonds. The zero-order chi connectivity index (χ0) is 14.5. The largest absolute Gasteiger partial charge is 0.307 e. The van der Waals surface area contributed by atoms with Gasteiger partial charge in [0.05, 0.1) is 0 Å². The van der Waals surface area contributed by atoms with Gasteiger partial charge in [0.1, 0.15) is 0 Å². The molecule has 1 aromatic rings. The van der Waals surface area contributed by atoms with E-state index in [2.05, 4.69) is 42.6 Å². The summed E-state index contributed by atoms with van der Waals surface area (Å²) in [5, 5.41) is 4.06. The zero-order valence-electron chi connectivity index (χ0n) is 13.6. The van der Waals surface area contributed by atoms with E-state index in [-0.39, 0.29) is 0 Å². The van der Waals surface area contributed by atoms with E-state index in [9.17, 15) is 0 Å². The van der Waals surface area contributed by atoms with E-state index in [1.54, 1.807) is 0 Å². The molecule has 1 atom stereocenters. The van der Waals surface area contributed by atoms with Gasteiger partial charge in [0.15, 0.2) is 0 Å². The summed E-state index contributed by atoms with van der Waals surface area (Å²) in [6.45, 7) is 2.41. The molecule has 0 aliphatic heterocycles. The summed E-state index contributed by atoms with van der Waals surface area (Å²) in [5.74, 6) is 1.79. The standard InChI is InChI=1S/C20H31N/c1-16-12-14-19(15-13-16)21-20(17-8-4-2-5-9-17)18-10-6-3-7-11-18/h2,4-5,8-9,16,18-21H,3,6-7,10-15H2,1H3. The van der Waals surface area contributed by atoms with Crippen LogP contribution >= 0.6 is 0 Å². The van der Waals surface area contributed by atoms with Crippen LogP contribution in [0.2, 0.25) is 0 Å². The first-order valence-electron chi connectivity index (χ1n) is 9.14. The van der Waals surface area contributed by atoms with Crippen molar-refractivity contribution < 1.29 is 0 Å². The highest BCUT2D eigenvalue weighted by Gasteiger charge is 2.28. The molecule has 0 radical (unpaired) electrons. The van der Waals surface area contributed by atoms with E-state index in [0.717, 1.165) is 17.9 Å². The second-order valence-corrected chi connectivity index (χ2v) is 7.41. The fourth-order valence-corrected chi connectivity index (χ4v) is 4.31. The van der Waals surface area contributed by atoms with Gasteiger partial charge in [-0.2, -0.15) is 0 Å². The molecular formula is C20H31N. The highest BCUT2D eigenvalue weighted by Crippen LogP contribution is 2.36. The maximum absolute atomic E-state index is 4.06. The van der Waals surface area contributed by atoms with Crippen LogP contribution < -0.4 is 5.32 Å². The number of nitrogens with one attached hydrogen (secondary N) is 1. The zero-order valence-corrected chi connectivity index (χ0v) is 13.6. The van der Waals surface area contributed by atoms with E-state index in [0.29, 0.717) is 6.04 Å². The summed E-state index contributed by atoms with van der Waals surface area (Å²) < 4.78 is 0. The highest BCUT2D eigenvalue weighted by atomic mass is 15.0. The molecule has 1 unspecified atom stereocenters. The van der Waals surface area contributed by atoms with Crippen LogP contribution in [-0.4, -0.2) is 6.04 Å². The third-order valence-corrected chi connectivity index (χ3v) is 5.71. The van der Waals surface area contributed by atoms with Crippen molar-refractivity contribution in [3.05, 3.63) is 35.9 Å². The van der Waals surface area contributed by atoms with Crippen LogP contribution in [0.4, 0.5) is 0 Å². The van der Waals surface area contributed by atoms with Crippen molar-refractivity contribution >= 4 is 0 Å². The first kappa shape index (κ1) is 15.1. The topological polar surface area (TPSA) is 12.0 Å². The lowest BCUT2D eigenvalue weighted by Crippen LogP contribution is -2.39. The molecule has 0 spiro atoms. The van der Waals surface area contributed by atoms with E-state index in [1.807, 2.05) is 0 Å². The molecule has 21 heavy (non-hydrogen) atoms. The first-order valence-corrected chi connectivity index (χ1v) is 9.14. The van der Waals surface area contributed by atoms with Gasteiger partial charge in [0.25, 0.3) is 0 Å². The van der Waals surface area contributed by atoms with Crippen molar-refractivity contribution in [2.75, 3.05) is 0 Å². The van der Waals surface area contributed by atoms with Crippen molar-refractivity contribution in [2.24, 2.45) is 11.8 Å². The van der Waals surface area contributed by atoms with Crippen LogP contribution in [0.1, 0.15) is 76.3 Å². The Morgan fingerprint density at radius 1 is 0.857 bits per heavy atom. The van der Waals surface area contributed by atoms with Crippen molar-refractivity contribution in [3.8, 4) is 0 Å². The number of benzene rings is 1. The molecule has 3 rings (SSSR count). The predicted molar refractivity (Wildman–Crippen MR) is 90.3 cm³/mol. The second-order valence-electron chi connectivity index (χ2n) is 7.41. The van der Waals surface area contributed by atoms with Crippen LogP contribution in [0.3, 0.4) is 0 Å². The van der Waals surface area contributed by atoms with Crippen LogP contribution in [-0.2, 0) is 0 Å². The molecule has 1 heteroatoms. The van der Waals surface area contributed by atoms with Crippen molar-refractivity contribution in [1.82, 2.24) is 5.32 Å². The van der Waals surface area contributed by atoms with Gasteiger partial charge < -0.3 is 5.32 Å². The second kappa shape index (κ2) is 7.45. The molecule has 0 heterocycles. The number of hydrogen-bond donors (Lipinski definition) is 1. The maximum Gasteiger partial charge on any atom is 0.0351 e. The smallest absolute Gasteiger partial charge is 0.0351 e. The lowest BCUT2D eigenvalue weighted by Gasteiger charge is -2.36. The van der Waals surface area contributed by atoms with Crippen LogP contribution in [0.25, 0.3) is 0 Å². The Morgan fingerprint density at radius 3 is 2.19 bits per heavy atom. The summed E-state index contributed by atoms with van der Waals surface area (Å²) in [7, 11) is 0. The normalized spacial score (nSPS) is 29.2. The van der Waals surface area contributed by atoms with Crippen molar-refractivity contribution in [3.63, 3.8) is 0 Å². The van der Waals surface area contributed by atoms with Gasteiger partial charge in [0, 0.05) is 12.1 Å². The monoisotopic (exact) mass is 285 g/mol. The fourth-order valence-electron chi connectivity index (χ4n) is 4.31. The Kier molecular flexibility index (Phi) is 5.35. The van der Waals surface area contributed by atoms with Gasteiger partial charge in [-0.15, -0.1) is 0 Å². The molecule has 0 bridgehead atoms. The summed E-state index contributed by atoms with van der Waals surface area (Å²) >= 11 is 0. The average Bonchev–Trinajstić information content (AvgIpc) is 2.56. The number of hydrogen-bond acceptors (Lipinski definition) is 1. The van der Waals surface area contributed by atoms with Crippen LogP contribution in [0.5, 0.6) is 0 Å². The molecule has 1 N–H and O–H groups in total. The molecule has 116 valence electrons. The molecule has 1 aromatic carbocycles. The lowest BCUT2D eigenvalue weighted by molar-refractivity contribution is 0.220. The van der Waals surface area contributed by atoms with E-state index in [1.165, 1.54) is 63.4 Å². The summed E-state index contributed by atoms with van der Waals surface area (Å²) in [4.78, 5) is 0. The minimum absolute atomic E-state index is 0.588. The third-order valence-electron chi connectivity index (χ3n) is 5.71. The molecule has 2 fully saturated rings. The van der Waals surface area contributed by atoms with Gasteiger partial charge in [-0.25, -0.2) is 0 Å². The molecule has 0 saturated heterocycles. The van der Waals surface area contributed by atoms with Gasteiger partial charge in [0.2, 0.25) is 0 Å². The quantitative estimate of drug-likeness (QED) is 0.772. The fraction of sp³-hybridized carbons (Fsp3) is 0.700. The predicted octanol–water partition coefficient (Wildman–Crippen LogP) is 5.48. The van der Waals surface area contributed by atoms with Gasteiger partial charge in [-0.3, -0.25) is 0 Å². The summed E-state index contributed by atoms with van der Waals surface area (Å²) in [6, 6.07) is 12.5. The SMILES string of the molecule is CC1CCC(NC(c2ccccc2)C2CCCCC2)CC1. The van der Waals surface area contributed by atoms with E-state index in [4.69, 9.17) is 0 Å². The van der Waals surface area contributed by atoms with Crippen molar-refractivity contribution in [2.45, 2.75) is 76.8 Å². The maximum atomic E-state index is 4.06. The van der Waals surface area contributed by atoms with Crippen LogP contribution in [0, 0.1) is 11.8 Å². The number of rotatable bonds is 4. The van der Waals surface area contributed by atoms with Crippen LogP contribution in [0.15, 0.2) is 30.3 Å². The highest BCUT2D eigenvalue weighted by molar-refractivity contribution is 5.20. The third kappa shape index (κ3) is 4.10. The van der Waals surface area contributed by atoms with Gasteiger partial charge >= 0.3 is 0 Å². The summed E-state index contributed by atoms with van der Waals surface area (Å²) in [5.41, 5.74) is 1.52. The Bertz CT molecular complexity index is 399. The Hall–Kier alpha value is -0.820. The Morgan fingerprint density at radius 2 is 1.52 bits per heavy atom. The van der Waals surface area contributed by atoms with E-state index < -0.39 is 0 Å². The molecule has 2 aliphatic rings. The molecule has 2 aliphatic carbocycles. The van der Waals surface area contributed by atoms with Gasteiger partial charge in [-0.1, -0.05) is 56.5 Å². The average molecular weight is 285 g/mol. The van der Waals surface area contributed by atoms with Gasteiger partial charge in [-0.05, 0) is 55.9 Å². The van der Waals surface area contributed by atoms with Crippen molar-refractivity contribution in [1.29, 1.82) is 0 Å².